The van der Waals surface area contributed by atoms with Crippen molar-refractivity contribution in [1.29, 1.82) is 0 Å². The van der Waals surface area contributed by atoms with Crippen LogP contribution in [-0.4, -0.2) is 58.5 Å². The van der Waals surface area contributed by atoms with Crippen molar-refractivity contribution in [2.75, 3.05) is 31.6 Å². The summed E-state index contributed by atoms with van der Waals surface area (Å²) in [6.45, 7) is 7.62. The van der Waals surface area contributed by atoms with E-state index in [0.29, 0.717) is 18.2 Å². The number of nitrogens with one attached hydrogen (secondary N) is 2. The number of anilines is 1. The Morgan fingerprint density at radius 1 is 1.23 bits per heavy atom. The van der Waals surface area contributed by atoms with Gasteiger partial charge in [0.2, 0.25) is 0 Å². The van der Waals surface area contributed by atoms with E-state index < -0.39 is 0 Å². The lowest BCUT2D eigenvalue weighted by molar-refractivity contribution is 0.0958. The molecule has 1 atom stereocenters. The normalized spacial score (nSPS) is 17.1. The molecule has 0 unspecified atom stereocenters. The molecule has 31 heavy (non-hydrogen) atoms. The van der Waals surface area contributed by atoms with Crippen LogP contribution in [0.4, 0.5) is 5.69 Å². The van der Waals surface area contributed by atoms with Gasteiger partial charge in [0.15, 0.2) is 0 Å². The van der Waals surface area contributed by atoms with E-state index in [-0.39, 0.29) is 11.5 Å². The van der Waals surface area contributed by atoms with Crippen molar-refractivity contribution < 1.29 is 4.79 Å². The van der Waals surface area contributed by atoms with Crippen molar-refractivity contribution >= 4 is 22.6 Å². The van der Waals surface area contributed by atoms with Crippen LogP contribution in [0.5, 0.6) is 0 Å². The molecule has 1 saturated heterocycles. The molecule has 162 valence electrons. The zero-order valence-electron chi connectivity index (χ0n) is 18.2. The Bertz CT molecular complexity index is 1140. The second kappa shape index (κ2) is 8.85. The van der Waals surface area contributed by atoms with Gasteiger partial charge >= 0.3 is 0 Å². The third-order valence-electron chi connectivity index (χ3n) is 5.93. The molecule has 1 amide bonds. The number of hydrogen-bond acceptors (Lipinski definition) is 6. The highest BCUT2D eigenvalue weighted by molar-refractivity contribution is 5.92. The molecular weight excluding hydrogens is 392 g/mol. The second-order valence-electron chi connectivity index (χ2n) is 8.00. The van der Waals surface area contributed by atoms with Gasteiger partial charge in [-0.05, 0) is 43.2 Å². The topological polar surface area (TPSA) is 94.2 Å². The van der Waals surface area contributed by atoms with E-state index in [1.807, 2.05) is 31.3 Å². The van der Waals surface area contributed by atoms with Crippen LogP contribution in [0.3, 0.4) is 0 Å². The molecule has 4 heterocycles. The Morgan fingerprint density at radius 2 is 2.06 bits per heavy atom. The molecule has 1 aliphatic rings. The molecule has 0 radical (unpaired) electrons. The first-order chi connectivity index (χ1) is 15.0. The minimum atomic E-state index is -0.180. The number of hydrogen-bond donors (Lipinski definition) is 2. The SMILES string of the molecule is CCc1cc2ncc(CN3CCN(c4ccc(C(=O)NC)nc4)C[C@H]3C)cc2[nH]c1=O. The fraction of sp³-hybridized carbons (Fsp3) is 0.391. The molecule has 0 saturated carbocycles. The van der Waals surface area contributed by atoms with Gasteiger partial charge in [-0.25, -0.2) is 4.98 Å². The third kappa shape index (κ3) is 4.44. The number of aryl methyl sites for hydroxylation is 1. The molecular formula is C23H28N6O2. The van der Waals surface area contributed by atoms with Crippen LogP contribution in [0.1, 0.15) is 35.5 Å². The number of aromatic nitrogens is 3. The minimum Gasteiger partial charge on any atom is -0.367 e. The molecule has 0 spiro atoms. The van der Waals surface area contributed by atoms with Gasteiger partial charge in [-0.15, -0.1) is 0 Å². The second-order valence-corrected chi connectivity index (χ2v) is 8.00. The van der Waals surface area contributed by atoms with Crippen LogP contribution < -0.4 is 15.8 Å². The predicted molar refractivity (Wildman–Crippen MR) is 121 cm³/mol. The smallest absolute Gasteiger partial charge is 0.269 e. The number of rotatable bonds is 5. The number of aromatic amines is 1. The summed E-state index contributed by atoms with van der Waals surface area (Å²) in [5, 5.41) is 2.59. The first kappa shape index (κ1) is 21.0. The number of H-pyrrole nitrogens is 1. The first-order valence-corrected chi connectivity index (χ1v) is 10.7. The summed E-state index contributed by atoms with van der Waals surface area (Å²) >= 11 is 0. The van der Waals surface area contributed by atoms with Gasteiger partial charge in [0.25, 0.3) is 11.5 Å². The number of amides is 1. The summed E-state index contributed by atoms with van der Waals surface area (Å²) in [5.74, 6) is -0.180. The number of carbonyl (C=O) groups is 1. The maximum Gasteiger partial charge on any atom is 0.269 e. The summed E-state index contributed by atoms with van der Waals surface area (Å²) in [6, 6.07) is 7.96. The van der Waals surface area contributed by atoms with E-state index in [1.165, 1.54) is 0 Å². The zero-order valence-corrected chi connectivity index (χ0v) is 18.2. The van der Waals surface area contributed by atoms with Crippen LogP contribution in [-0.2, 0) is 13.0 Å². The molecule has 1 fully saturated rings. The summed E-state index contributed by atoms with van der Waals surface area (Å²) in [7, 11) is 1.60. The first-order valence-electron chi connectivity index (χ1n) is 10.7. The van der Waals surface area contributed by atoms with Crippen LogP contribution in [0, 0.1) is 0 Å². The zero-order chi connectivity index (χ0) is 22.0. The average molecular weight is 421 g/mol. The average Bonchev–Trinajstić information content (AvgIpc) is 2.79. The number of carbonyl (C=O) groups excluding carboxylic acids is 1. The molecule has 0 bridgehead atoms. The van der Waals surface area contributed by atoms with Crippen molar-refractivity contribution in [2.24, 2.45) is 0 Å². The van der Waals surface area contributed by atoms with Gasteiger partial charge in [-0.1, -0.05) is 6.92 Å². The van der Waals surface area contributed by atoms with Crippen LogP contribution in [0.15, 0.2) is 41.5 Å². The molecule has 0 aromatic carbocycles. The Kier molecular flexibility index (Phi) is 5.99. The lowest BCUT2D eigenvalue weighted by atomic mass is 10.1. The molecule has 8 nitrogen and oxygen atoms in total. The molecule has 0 aliphatic carbocycles. The standard InChI is InChI=1S/C23H28N6O2/c1-4-17-10-20-21(27-22(17)30)9-16(11-25-20)14-28-7-8-29(13-15(28)2)18-5-6-19(26-12-18)23(31)24-3/h5-6,9-12,15H,4,7-8,13-14H2,1-3H3,(H,24,31)(H,27,30)/t15-/m1/s1. The van der Waals surface area contributed by atoms with Gasteiger partial charge in [0.1, 0.15) is 5.69 Å². The van der Waals surface area contributed by atoms with Crippen molar-refractivity contribution in [3.8, 4) is 0 Å². The third-order valence-corrected chi connectivity index (χ3v) is 5.93. The number of fused-ring (bicyclic) bond motifs is 1. The number of piperazine rings is 1. The maximum absolute atomic E-state index is 12.1. The lowest BCUT2D eigenvalue weighted by Gasteiger charge is -2.41. The number of pyridine rings is 3. The van der Waals surface area contributed by atoms with Crippen LogP contribution in [0.2, 0.25) is 0 Å². The monoisotopic (exact) mass is 420 g/mol. The molecule has 3 aromatic heterocycles. The summed E-state index contributed by atoms with van der Waals surface area (Å²) in [5.41, 5.74) is 4.87. The van der Waals surface area contributed by atoms with Gasteiger partial charge in [-0.3, -0.25) is 19.5 Å². The fourth-order valence-corrected chi connectivity index (χ4v) is 4.05. The number of nitrogens with zero attached hydrogens (tertiary/aromatic N) is 4. The van der Waals surface area contributed by atoms with E-state index in [1.54, 1.807) is 19.3 Å². The quantitative estimate of drug-likeness (QED) is 0.655. The van der Waals surface area contributed by atoms with Crippen molar-refractivity contribution in [2.45, 2.75) is 32.9 Å². The largest absolute Gasteiger partial charge is 0.367 e. The molecule has 8 heteroatoms. The Labute approximate surface area is 181 Å². The van der Waals surface area contributed by atoms with Crippen molar-refractivity contribution in [1.82, 2.24) is 25.2 Å². The molecule has 3 aromatic rings. The highest BCUT2D eigenvalue weighted by Gasteiger charge is 2.24. The molecule has 2 N–H and O–H groups in total. The van der Waals surface area contributed by atoms with E-state index in [4.69, 9.17) is 0 Å². The molecule has 1 aliphatic heterocycles. The lowest BCUT2D eigenvalue weighted by Crippen LogP contribution is -2.51. The van der Waals surface area contributed by atoms with E-state index in [0.717, 1.165) is 54.0 Å². The van der Waals surface area contributed by atoms with E-state index in [9.17, 15) is 9.59 Å². The van der Waals surface area contributed by atoms with Gasteiger partial charge in [-0.2, -0.15) is 0 Å². The highest BCUT2D eigenvalue weighted by atomic mass is 16.1. The van der Waals surface area contributed by atoms with E-state index in [2.05, 4.69) is 37.0 Å². The van der Waals surface area contributed by atoms with Gasteiger partial charge < -0.3 is 15.2 Å². The summed E-state index contributed by atoms with van der Waals surface area (Å²) in [4.78, 5) is 40.3. The van der Waals surface area contributed by atoms with E-state index >= 15 is 0 Å². The van der Waals surface area contributed by atoms with Crippen LogP contribution in [0.25, 0.3) is 11.0 Å². The maximum atomic E-state index is 12.1. The Hall–Kier alpha value is -3.26. The summed E-state index contributed by atoms with van der Waals surface area (Å²) in [6.07, 6.45) is 4.36. The minimum absolute atomic E-state index is 0.0352. The van der Waals surface area contributed by atoms with Crippen LogP contribution >= 0.6 is 0 Å². The summed E-state index contributed by atoms with van der Waals surface area (Å²) < 4.78 is 0. The van der Waals surface area contributed by atoms with Gasteiger partial charge in [0.05, 0.1) is 22.9 Å². The Morgan fingerprint density at radius 3 is 2.74 bits per heavy atom. The Balaban J connectivity index is 1.43. The van der Waals surface area contributed by atoms with Crippen molar-refractivity contribution in [3.63, 3.8) is 0 Å². The highest BCUT2D eigenvalue weighted by Crippen LogP contribution is 2.21. The van der Waals surface area contributed by atoms with Crippen molar-refractivity contribution in [3.05, 3.63) is 63.8 Å². The predicted octanol–water partition coefficient (Wildman–Crippen LogP) is 1.95. The fourth-order valence-electron chi connectivity index (χ4n) is 4.05. The van der Waals surface area contributed by atoms with Gasteiger partial charge in [0, 0.05) is 51.0 Å². The molecule has 4 rings (SSSR count).